The average molecular weight is 154 g/mol. The first-order chi connectivity index (χ1) is 5.25. The molecule has 1 spiro atoms. The van der Waals surface area contributed by atoms with Crippen molar-refractivity contribution in [2.75, 3.05) is 0 Å². The summed E-state index contributed by atoms with van der Waals surface area (Å²) in [6.07, 6.45) is 4.05. The second kappa shape index (κ2) is 1.64. The molecule has 0 aromatic heterocycles. The van der Waals surface area contributed by atoms with E-state index in [0.717, 1.165) is 12.8 Å². The van der Waals surface area contributed by atoms with Gasteiger partial charge in [-0.25, -0.2) is 0 Å². The molecule has 2 nitrogen and oxygen atoms in total. The summed E-state index contributed by atoms with van der Waals surface area (Å²) in [5.41, 5.74) is 0.208. The largest absolute Gasteiger partial charge is 0.393 e. The summed E-state index contributed by atoms with van der Waals surface area (Å²) in [6, 6.07) is 0. The molecule has 3 fully saturated rings. The van der Waals surface area contributed by atoms with Crippen LogP contribution in [0, 0.1) is 17.3 Å². The van der Waals surface area contributed by atoms with Gasteiger partial charge in [0.1, 0.15) is 0 Å². The van der Waals surface area contributed by atoms with Crippen LogP contribution in [0.3, 0.4) is 0 Å². The maximum Gasteiger partial charge on any atom is 0.0606 e. The zero-order chi connectivity index (χ0) is 7.64. The van der Waals surface area contributed by atoms with Gasteiger partial charge in [-0.1, -0.05) is 0 Å². The number of hydrogen-bond donors (Lipinski definition) is 2. The summed E-state index contributed by atoms with van der Waals surface area (Å²) >= 11 is 0. The van der Waals surface area contributed by atoms with Crippen molar-refractivity contribution in [2.24, 2.45) is 17.3 Å². The van der Waals surface area contributed by atoms with Crippen molar-refractivity contribution in [3.8, 4) is 0 Å². The number of rotatable bonds is 0. The second-order valence-corrected chi connectivity index (χ2v) is 4.51. The smallest absolute Gasteiger partial charge is 0.0606 e. The maximum atomic E-state index is 9.61. The fraction of sp³-hybridized carbons (Fsp3) is 1.00. The van der Waals surface area contributed by atoms with E-state index in [1.807, 2.05) is 0 Å². The molecule has 11 heavy (non-hydrogen) atoms. The molecule has 0 aromatic carbocycles. The van der Waals surface area contributed by atoms with E-state index in [0.29, 0.717) is 11.8 Å². The zero-order valence-corrected chi connectivity index (χ0v) is 6.53. The number of aliphatic hydroxyl groups is 2. The molecule has 0 radical (unpaired) electrons. The third-order valence-electron chi connectivity index (χ3n) is 4.46. The minimum atomic E-state index is -0.0918. The minimum Gasteiger partial charge on any atom is -0.393 e. The second-order valence-electron chi connectivity index (χ2n) is 4.51. The van der Waals surface area contributed by atoms with E-state index in [2.05, 4.69) is 0 Å². The number of hydrogen-bond acceptors (Lipinski definition) is 2. The Labute approximate surface area is 66.2 Å². The molecule has 62 valence electrons. The normalized spacial score (nSPS) is 66.0. The maximum absolute atomic E-state index is 9.61. The molecule has 0 amide bonds. The summed E-state index contributed by atoms with van der Waals surface area (Å²) in [7, 11) is 0. The van der Waals surface area contributed by atoms with Gasteiger partial charge < -0.3 is 10.2 Å². The Balaban J connectivity index is 1.95. The van der Waals surface area contributed by atoms with E-state index in [1.54, 1.807) is 0 Å². The Morgan fingerprint density at radius 2 is 2.00 bits per heavy atom. The molecule has 3 aliphatic carbocycles. The summed E-state index contributed by atoms with van der Waals surface area (Å²) in [5.74, 6) is 1.11. The van der Waals surface area contributed by atoms with Gasteiger partial charge in [-0.2, -0.15) is 0 Å². The topological polar surface area (TPSA) is 40.5 Å². The quantitative estimate of drug-likeness (QED) is 0.534. The fourth-order valence-electron chi connectivity index (χ4n) is 3.68. The van der Waals surface area contributed by atoms with Gasteiger partial charge in [-0.05, 0) is 37.5 Å². The third-order valence-corrected chi connectivity index (χ3v) is 4.46. The van der Waals surface area contributed by atoms with E-state index in [1.165, 1.54) is 12.8 Å². The van der Waals surface area contributed by atoms with Crippen molar-refractivity contribution < 1.29 is 10.2 Å². The Morgan fingerprint density at radius 3 is 2.36 bits per heavy atom. The summed E-state index contributed by atoms with van der Waals surface area (Å²) in [5, 5.41) is 19.2. The molecule has 5 unspecified atom stereocenters. The minimum absolute atomic E-state index is 0.0802. The third kappa shape index (κ3) is 0.482. The standard InChI is InChI=1S/C9H14O2/c10-7-3-5-1-2-9(5)6(7)4-8(9)11/h5-8,10-11H,1-4H2. The molecular formula is C9H14O2. The fourth-order valence-corrected chi connectivity index (χ4v) is 3.68. The summed E-state index contributed by atoms with van der Waals surface area (Å²) in [4.78, 5) is 0. The molecule has 2 N–H and O–H groups in total. The van der Waals surface area contributed by atoms with Crippen LogP contribution in [-0.2, 0) is 0 Å². The van der Waals surface area contributed by atoms with Gasteiger partial charge in [0.05, 0.1) is 12.2 Å². The van der Waals surface area contributed by atoms with Crippen LogP contribution in [0.15, 0.2) is 0 Å². The van der Waals surface area contributed by atoms with Crippen molar-refractivity contribution in [3.63, 3.8) is 0 Å². The SMILES string of the molecule is OC1CC2CCC23C(O)CC13. The monoisotopic (exact) mass is 154 g/mol. The van der Waals surface area contributed by atoms with Crippen LogP contribution >= 0.6 is 0 Å². The van der Waals surface area contributed by atoms with Gasteiger partial charge in [0.15, 0.2) is 0 Å². The van der Waals surface area contributed by atoms with Gasteiger partial charge in [-0.3, -0.25) is 0 Å². The molecule has 2 heteroatoms. The van der Waals surface area contributed by atoms with E-state index in [9.17, 15) is 10.2 Å². The lowest BCUT2D eigenvalue weighted by molar-refractivity contribution is -0.190. The molecule has 5 atom stereocenters. The highest BCUT2D eigenvalue weighted by atomic mass is 16.3. The van der Waals surface area contributed by atoms with Gasteiger partial charge in [0.2, 0.25) is 0 Å². The van der Waals surface area contributed by atoms with Crippen LogP contribution in [0.25, 0.3) is 0 Å². The zero-order valence-electron chi connectivity index (χ0n) is 6.53. The van der Waals surface area contributed by atoms with Gasteiger partial charge in [0.25, 0.3) is 0 Å². The van der Waals surface area contributed by atoms with Crippen molar-refractivity contribution in [2.45, 2.75) is 37.9 Å². The Morgan fingerprint density at radius 1 is 1.18 bits per heavy atom. The molecular weight excluding hydrogens is 140 g/mol. The van der Waals surface area contributed by atoms with E-state index in [4.69, 9.17) is 0 Å². The van der Waals surface area contributed by atoms with Gasteiger partial charge in [-0.15, -0.1) is 0 Å². The Bertz CT molecular complexity index is 204. The van der Waals surface area contributed by atoms with Gasteiger partial charge in [0, 0.05) is 5.41 Å². The molecule has 0 heterocycles. The van der Waals surface area contributed by atoms with Crippen molar-refractivity contribution >= 4 is 0 Å². The number of aliphatic hydroxyl groups excluding tert-OH is 2. The molecule has 3 saturated carbocycles. The van der Waals surface area contributed by atoms with Crippen molar-refractivity contribution in [1.29, 1.82) is 0 Å². The van der Waals surface area contributed by atoms with E-state index < -0.39 is 0 Å². The molecule has 3 rings (SSSR count). The van der Waals surface area contributed by atoms with E-state index >= 15 is 0 Å². The predicted molar refractivity (Wildman–Crippen MR) is 39.9 cm³/mol. The van der Waals surface area contributed by atoms with Crippen LogP contribution in [0.1, 0.15) is 25.7 Å². The van der Waals surface area contributed by atoms with Crippen LogP contribution in [0.4, 0.5) is 0 Å². The van der Waals surface area contributed by atoms with Crippen LogP contribution < -0.4 is 0 Å². The highest BCUT2D eigenvalue weighted by Crippen LogP contribution is 2.70. The summed E-state index contributed by atoms with van der Waals surface area (Å²) in [6.45, 7) is 0. The Kier molecular flexibility index (Phi) is 0.961. The molecule has 3 aliphatic rings. The first-order valence-electron chi connectivity index (χ1n) is 4.61. The summed E-state index contributed by atoms with van der Waals surface area (Å²) < 4.78 is 0. The van der Waals surface area contributed by atoms with E-state index in [-0.39, 0.29) is 17.6 Å². The Hall–Kier alpha value is -0.0800. The van der Waals surface area contributed by atoms with Crippen molar-refractivity contribution in [1.82, 2.24) is 0 Å². The van der Waals surface area contributed by atoms with Gasteiger partial charge >= 0.3 is 0 Å². The molecule has 0 aromatic rings. The van der Waals surface area contributed by atoms with Crippen LogP contribution in [-0.4, -0.2) is 22.4 Å². The van der Waals surface area contributed by atoms with Crippen LogP contribution in [0.2, 0.25) is 0 Å². The predicted octanol–water partition coefficient (Wildman–Crippen LogP) is 0.528. The van der Waals surface area contributed by atoms with Crippen LogP contribution in [0.5, 0.6) is 0 Å². The lowest BCUT2D eigenvalue weighted by Crippen LogP contribution is -2.59. The highest BCUT2D eigenvalue weighted by Gasteiger charge is 2.69. The first-order valence-corrected chi connectivity index (χ1v) is 4.61. The highest BCUT2D eigenvalue weighted by molar-refractivity contribution is 5.18. The first kappa shape index (κ1) is 6.44. The van der Waals surface area contributed by atoms with Crippen molar-refractivity contribution in [3.05, 3.63) is 0 Å². The lowest BCUT2D eigenvalue weighted by Gasteiger charge is -2.59. The molecule has 0 saturated heterocycles. The average Bonchev–Trinajstić information content (AvgIpc) is 2.04. The lowest BCUT2D eigenvalue weighted by atomic mass is 9.47. The molecule has 0 aliphatic heterocycles. The molecule has 0 bridgehead atoms.